The molecule has 2 aromatic carbocycles. The lowest BCUT2D eigenvalue weighted by molar-refractivity contribution is -0.140. The fourth-order valence-electron chi connectivity index (χ4n) is 5.21. The first-order valence-electron chi connectivity index (χ1n) is 10.5. The van der Waals surface area contributed by atoms with E-state index in [2.05, 4.69) is 22.8 Å². The van der Waals surface area contributed by atoms with Crippen LogP contribution in [0, 0.1) is 30.1 Å². The van der Waals surface area contributed by atoms with E-state index in [0.29, 0.717) is 12.1 Å². The zero-order chi connectivity index (χ0) is 21.7. The van der Waals surface area contributed by atoms with Crippen LogP contribution >= 0.6 is 0 Å². The van der Waals surface area contributed by atoms with Gasteiger partial charge in [-0.3, -0.25) is 15.0 Å². The summed E-state index contributed by atoms with van der Waals surface area (Å²) >= 11 is 0. The molecule has 0 heterocycles. The van der Waals surface area contributed by atoms with Crippen LogP contribution in [-0.2, 0) is 9.59 Å². The molecule has 2 aliphatic carbocycles. The molecule has 2 bridgehead atoms. The number of para-hydroxylation sites is 1. The molecule has 0 spiro atoms. The van der Waals surface area contributed by atoms with Crippen LogP contribution in [0.5, 0.6) is 0 Å². The van der Waals surface area contributed by atoms with Crippen LogP contribution in [0.15, 0.2) is 53.6 Å². The Morgan fingerprint density at radius 1 is 1.00 bits per heavy atom. The minimum atomic E-state index is -1.12. The van der Waals surface area contributed by atoms with E-state index in [1.54, 1.807) is 0 Å². The Kier molecular flexibility index (Phi) is 4.60. The van der Waals surface area contributed by atoms with Gasteiger partial charge in [0.15, 0.2) is 5.78 Å². The number of Topliss-reactive ketones (excluding diaryl/α,β-unsaturated/α-hetero) is 1. The van der Waals surface area contributed by atoms with Crippen LogP contribution in [0.4, 0.5) is 11.4 Å². The minimum Gasteiger partial charge on any atom is -0.325 e. The molecule has 0 aliphatic heterocycles. The number of fused-ring (bicyclic) bond motifs is 2. The van der Waals surface area contributed by atoms with Crippen molar-refractivity contribution in [1.82, 2.24) is 0 Å². The number of carbonyl (C=O) groups is 2. The Labute approximate surface area is 178 Å². The number of hydrogen-bond donors (Lipinski definition) is 2. The summed E-state index contributed by atoms with van der Waals surface area (Å²) in [4.78, 5) is 27.3. The van der Waals surface area contributed by atoms with Gasteiger partial charge >= 0.3 is 0 Å². The van der Waals surface area contributed by atoms with Crippen molar-refractivity contribution in [3.05, 3.63) is 59.7 Å². The van der Waals surface area contributed by atoms with Gasteiger partial charge < -0.3 is 5.32 Å². The third-order valence-corrected chi connectivity index (χ3v) is 7.67. The largest absolute Gasteiger partial charge is 0.325 e. The third-order valence-electron chi connectivity index (χ3n) is 7.67. The van der Waals surface area contributed by atoms with Crippen molar-refractivity contribution in [3.8, 4) is 0 Å². The van der Waals surface area contributed by atoms with E-state index < -0.39 is 16.2 Å². The Hall–Kier alpha value is -2.95. The van der Waals surface area contributed by atoms with E-state index in [9.17, 15) is 9.59 Å². The highest BCUT2D eigenvalue weighted by atomic mass is 16.2. The molecule has 30 heavy (non-hydrogen) atoms. The van der Waals surface area contributed by atoms with Gasteiger partial charge in [0.2, 0.25) is 5.91 Å². The molecule has 2 atom stereocenters. The summed E-state index contributed by atoms with van der Waals surface area (Å²) in [6.45, 7) is 10.1. The lowest BCUT2D eigenvalue weighted by Gasteiger charge is -2.37. The maximum atomic E-state index is 13.7. The zero-order valence-electron chi connectivity index (χ0n) is 18.3. The van der Waals surface area contributed by atoms with Crippen LogP contribution in [0.3, 0.4) is 0 Å². The van der Waals surface area contributed by atoms with E-state index in [0.717, 1.165) is 28.9 Å². The summed E-state index contributed by atoms with van der Waals surface area (Å²) in [5.41, 5.74) is 4.99. The molecule has 0 radical (unpaired) electrons. The first-order chi connectivity index (χ1) is 14.1. The molecule has 5 heteroatoms. The van der Waals surface area contributed by atoms with Gasteiger partial charge in [-0.05, 0) is 61.4 Å². The monoisotopic (exact) mass is 403 g/mol. The van der Waals surface area contributed by atoms with Crippen molar-refractivity contribution in [1.29, 1.82) is 0 Å². The topological polar surface area (TPSA) is 70.6 Å². The molecule has 2 aliphatic rings. The van der Waals surface area contributed by atoms with Crippen molar-refractivity contribution in [2.24, 2.45) is 21.3 Å². The SMILES string of the molecule is Cc1ccc(C)c(NC(=O)C23CCC(C)(/C(=N/Nc4ccccc4)C2=O)C3(C)C)c1. The highest BCUT2D eigenvalue weighted by Gasteiger charge is 2.76. The first-order valence-corrected chi connectivity index (χ1v) is 10.5. The molecule has 4 rings (SSSR count). The minimum absolute atomic E-state index is 0.160. The van der Waals surface area contributed by atoms with Crippen molar-refractivity contribution >= 4 is 28.8 Å². The van der Waals surface area contributed by atoms with Crippen molar-refractivity contribution in [2.45, 2.75) is 47.5 Å². The van der Waals surface area contributed by atoms with Crippen molar-refractivity contribution in [3.63, 3.8) is 0 Å². The van der Waals surface area contributed by atoms with E-state index in [1.165, 1.54) is 0 Å². The summed E-state index contributed by atoms with van der Waals surface area (Å²) in [5.74, 6) is -0.382. The molecule has 1 amide bonds. The summed E-state index contributed by atoms with van der Waals surface area (Å²) in [6.07, 6.45) is 1.29. The summed E-state index contributed by atoms with van der Waals surface area (Å²) in [5, 5.41) is 7.60. The Bertz CT molecular complexity index is 1060. The molecule has 2 unspecified atom stereocenters. The smallest absolute Gasteiger partial charge is 0.239 e. The van der Waals surface area contributed by atoms with E-state index >= 15 is 0 Å². The van der Waals surface area contributed by atoms with E-state index in [-0.39, 0.29) is 11.7 Å². The van der Waals surface area contributed by atoms with Gasteiger partial charge in [0, 0.05) is 11.1 Å². The summed E-state index contributed by atoms with van der Waals surface area (Å²) in [6, 6.07) is 15.5. The third kappa shape index (κ3) is 2.64. The molecule has 2 saturated carbocycles. The summed E-state index contributed by atoms with van der Waals surface area (Å²) < 4.78 is 0. The van der Waals surface area contributed by atoms with Crippen LogP contribution in [0.25, 0.3) is 0 Å². The Balaban J connectivity index is 1.71. The number of aryl methyl sites for hydroxylation is 2. The average Bonchev–Trinajstić information content (AvgIpc) is 2.99. The van der Waals surface area contributed by atoms with Gasteiger partial charge in [0.25, 0.3) is 0 Å². The van der Waals surface area contributed by atoms with Crippen molar-refractivity contribution < 1.29 is 9.59 Å². The predicted octanol–water partition coefficient (Wildman–Crippen LogP) is 5.11. The Morgan fingerprint density at radius 2 is 1.70 bits per heavy atom. The molecule has 0 aromatic heterocycles. The zero-order valence-corrected chi connectivity index (χ0v) is 18.3. The maximum Gasteiger partial charge on any atom is 0.239 e. The van der Waals surface area contributed by atoms with Crippen LogP contribution < -0.4 is 10.7 Å². The number of carbonyl (C=O) groups excluding carboxylic acids is 2. The van der Waals surface area contributed by atoms with E-state index in [1.807, 2.05) is 76.2 Å². The van der Waals surface area contributed by atoms with Gasteiger partial charge in [-0.1, -0.05) is 51.1 Å². The second-order valence-electron chi connectivity index (χ2n) is 9.40. The molecule has 2 N–H and O–H groups in total. The Morgan fingerprint density at radius 3 is 2.40 bits per heavy atom. The standard InChI is InChI=1S/C25H29N3O2/c1-16-11-12-17(2)19(15-16)26-22(30)25-14-13-24(5,23(25,3)4)20(21(25)29)28-27-18-9-7-6-8-10-18/h6-12,15,27H,13-14H2,1-5H3,(H,26,30)/b28-20+. The normalized spacial score (nSPS) is 28.0. The van der Waals surface area contributed by atoms with E-state index in [4.69, 9.17) is 0 Å². The lowest BCUT2D eigenvalue weighted by atomic mass is 9.64. The van der Waals surface area contributed by atoms with Gasteiger partial charge in [0.05, 0.1) is 5.69 Å². The van der Waals surface area contributed by atoms with Gasteiger partial charge in [0.1, 0.15) is 11.1 Å². The highest BCUT2D eigenvalue weighted by Crippen LogP contribution is 2.69. The van der Waals surface area contributed by atoms with Crippen LogP contribution in [0.2, 0.25) is 0 Å². The van der Waals surface area contributed by atoms with Gasteiger partial charge in [-0.2, -0.15) is 5.10 Å². The van der Waals surface area contributed by atoms with Crippen LogP contribution in [-0.4, -0.2) is 17.4 Å². The first kappa shape index (κ1) is 20.3. The second-order valence-corrected chi connectivity index (χ2v) is 9.40. The molecule has 2 fully saturated rings. The summed E-state index contributed by atoms with van der Waals surface area (Å²) in [7, 11) is 0. The van der Waals surface area contributed by atoms with Crippen LogP contribution in [0.1, 0.15) is 44.7 Å². The molecule has 0 saturated heterocycles. The number of hydrogen-bond acceptors (Lipinski definition) is 4. The number of anilines is 2. The quantitative estimate of drug-likeness (QED) is 0.551. The molecular weight excluding hydrogens is 374 g/mol. The number of nitrogens with zero attached hydrogens (tertiary/aromatic N) is 1. The average molecular weight is 404 g/mol. The fraction of sp³-hybridized carbons (Fsp3) is 0.400. The number of rotatable bonds is 4. The number of nitrogens with one attached hydrogen (secondary N) is 2. The van der Waals surface area contributed by atoms with Gasteiger partial charge in [-0.25, -0.2) is 0 Å². The second kappa shape index (κ2) is 6.79. The van der Waals surface area contributed by atoms with Gasteiger partial charge in [-0.15, -0.1) is 0 Å². The molecule has 2 aromatic rings. The number of benzene rings is 2. The van der Waals surface area contributed by atoms with Crippen molar-refractivity contribution in [2.75, 3.05) is 10.7 Å². The molecular formula is C25H29N3O2. The molecule has 156 valence electrons. The molecule has 5 nitrogen and oxygen atoms in total. The predicted molar refractivity (Wildman–Crippen MR) is 121 cm³/mol. The number of hydrazone groups is 1. The lowest BCUT2D eigenvalue weighted by Crippen LogP contribution is -2.47. The maximum absolute atomic E-state index is 13.7. The number of amides is 1. The highest BCUT2D eigenvalue weighted by molar-refractivity contribution is 6.51. The number of ketones is 1. The fourth-order valence-corrected chi connectivity index (χ4v) is 5.21.